The van der Waals surface area contributed by atoms with Crippen molar-refractivity contribution < 1.29 is 9.13 Å². The number of halogens is 1. The van der Waals surface area contributed by atoms with E-state index in [0.29, 0.717) is 5.75 Å². The molecule has 0 aliphatic carbocycles. The Balaban J connectivity index is 3.02. The normalized spacial score (nSPS) is 11.0. The van der Waals surface area contributed by atoms with Gasteiger partial charge in [0.05, 0.1) is 7.11 Å². The molecule has 0 atom stereocenters. The van der Waals surface area contributed by atoms with Gasteiger partial charge in [-0.25, -0.2) is 9.38 Å². The molecule has 0 aliphatic rings. The molecule has 16 heavy (non-hydrogen) atoms. The number of hydrogen-bond donors (Lipinski definition) is 3. The smallest absolute Gasteiger partial charge is 0.223 e. The lowest BCUT2D eigenvalue weighted by Crippen LogP contribution is -2.26. The van der Waals surface area contributed by atoms with Gasteiger partial charge in [-0.2, -0.15) is 4.99 Å². The number of nitrogens with two attached hydrogens (primary N) is 3. The Morgan fingerprint density at radius 1 is 1.31 bits per heavy atom. The number of hydrogen-bond acceptors (Lipinski definition) is 2. The van der Waals surface area contributed by atoms with Gasteiger partial charge in [0.2, 0.25) is 5.96 Å². The first kappa shape index (κ1) is 11.8. The molecule has 0 saturated carbocycles. The zero-order chi connectivity index (χ0) is 12.1. The first-order chi connectivity index (χ1) is 7.52. The Hall–Kier alpha value is -2.31. The van der Waals surface area contributed by atoms with Crippen LogP contribution in [0.1, 0.15) is 0 Å². The first-order valence-electron chi connectivity index (χ1n) is 4.30. The summed E-state index contributed by atoms with van der Waals surface area (Å²) in [6, 6.07) is 4.13. The summed E-state index contributed by atoms with van der Waals surface area (Å²) < 4.78 is 18.2. The van der Waals surface area contributed by atoms with E-state index < -0.39 is 5.82 Å². The highest BCUT2D eigenvalue weighted by Gasteiger charge is 2.03. The molecule has 0 saturated heterocycles. The summed E-state index contributed by atoms with van der Waals surface area (Å²) in [7, 11) is 1.44. The molecule has 86 valence electrons. The van der Waals surface area contributed by atoms with Crippen LogP contribution >= 0.6 is 0 Å². The highest BCUT2D eigenvalue weighted by molar-refractivity contribution is 5.93. The van der Waals surface area contributed by atoms with E-state index in [1.165, 1.54) is 19.2 Å². The zero-order valence-corrected chi connectivity index (χ0v) is 8.64. The number of rotatable bonds is 2. The molecule has 0 aliphatic heterocycles. The van der Waals surface area contributed by atoms with Gasteiger partial charge >= 0.3 is 0 Å². The van der Waals surface area contributed by atoms with Gasteiger partial charge in [0.1, 0.15) is 11.4 Å². The number of nitrogens with zero attached hydrogens (tertiary/aromatic N) is 2. The van der Waals surface area contributed by atoms with Crippen molar-refractivity contribution in [1.82, 2.24) is 0 Å². The van der Waals surface area contributed by atoms with Gasteiger partial charge in [-0.1, -0.05) is 0 Å². The van der Waals surface area contributed by atoms with Crippen LogP contribution in [0.15, 0.2) is 28.2 Å². The van der Waals surface area contributed by atoms with Gasteiger partial charge in [0.15, 0.2) is 11.8 Å². The van der Waals surface area contributed by atoms with Crippen LogP contribution in [0.3, 0.4) is 0 Å². The Morgan fingerprint density at radius 2 is 2.00 bits per heavy atom. The van der Waals surface area contributed by atoms with Gasteiger partial charge in [-0.05, 0) is 12.1 Å². The summed E-state index contributed by atoms with van der Waals surface area (Å²) in [4.78, 5) is 7.15. The summed E-state index contributed by atoms with van der Waals surface area (Å²) in [6.45, 7) is 0. The summed E-state index contributed by atoms with van der Waals surface area (Å²) in [5.41, 5.74) is 15.5. The Bertz CT molecular complexity index is 440. The van der Waals surface area contributed by atoms with Gasteiger partial charge in [0.25, 0.3) is 0 Å². The molecule has 0 bridgehead atoms. The van der Waals surface area contributed by atoms with Crippen LogP contribution in [0.5, 0.6) is 5.75 Å². The molecule has 0 amide bonds. The summed E-state index contributed by atoms with van der Waals surface area (Å²) in [6.07, 6.45) is 0. The minimum atomic E-state index is -0.576. The molecule has 1 aromatic carbocycles. The molecule has 7 heteroatoms. The molecule has 0 fully saturated rings. The molecular weight excluding hydrogens is 213 g/mol. The van der Waals surface area contributed by atoms with Gasteiger partial charge in [-0.3, -0.25) is 0 Å². The third-order valence-corrected chi connectivity index (χ3v) is 1.63. The van der Waals surface area contributed by atoms with E-state index in [1.54, 1.807) is 6.07 Å². The fraction of sp³-hybridized carbons (Fsp3) is 0.111. The lowest BCUT2D eigenvalue weighted by Gasteiger charge is -2.01. The van der Waals surface area contributed by atoms with Crippen LogP contribution in [0.4, 0.5) is 10.1 Å². The van der Waals surface area contributed by atoms with Gasteiger partial charge < -0.3 is 21.9 Å². The molecule has 0 spiro atoms. The van der Waals surface area contributed by atoms with Crippen LogP contribution in [0, 0.1) is 5.82 Å². The van der Waals surface area contributed by atoms with Crippen LogP contribution in [0.2, 0.25) is 0 Å². The lowest BCUT2D eigenvalue weighted by atomic mass is 10.3. The molecule has 0 radical (unpaired) electrons. The predicted molar refractivity (Wildman–Crippen MR) is 60.0 cm³/mol. The van der Waals surface area contributed by atoms with Crippen LogP contribution in [0.25, 0.3) is 0 Å². The predicted octanol–water partition coefficient (Wildman–Crippen LogP) is 0.0539. The summed E-state index contributed by atoms with van der Waals surface area (Å²) in [5, 5.41) is 0. The van der Waals surface area contributed by atoms with E-state index in [1.807, 2.05) is 0 Å². The van der Waals surface area contributed by atoms with Crippen molar-refractivity contribution >= 4 is 17.6 Å². The Morgan fingerprint density at radius 3 is 2.50 bits per heavy atom. The number of benzene rings is 1. The minimum absolute atomic E-state index is 0.0308. The van der Waals surface area contributed by atoms with Crippen molar-refractivity contribution in [2.24, 2.45) is 27.2 Å². The highest BCUT2D eigenvalue weighted by atomic mass is 19.1. The second kappa shape index (κ2) is 4.96. The first-order valence-corrected chi connectivity index (χ1v) is 4.30. The van der Waals surface area contributed by atoms with Crippen molar-refractivity contribution in [2.75, 3.05) is 7.11 Å². The maximum Gasteiger partial charge on any atom is 0.223 e. The molecule has 0 heterocycles. The van der Waals surface area contributed by atoms with E-state index >= 15 is 0 Å². The van der Waals surface area contributed by atoms with E-state index in [-0.39, 0.29) is 17.6 Å². The topological polar surface area (TPSA) is 112 Å². The molecular formula is C9H12FN5O. The van der Waals surface area contributed by atoms with Crippen molar-refractivity contribution in [3.63, 3.8) is 0 Å². The van der Waals surface area contributed by atoms with Crippen molar-refractivity contribution in [3.8, 4) is 5.75 Å². The summed E-state index contributed by atoms with van der Waals surface area (Å²) >= 11 is 0. The molecule has 6 nitrogen and oxygen atoms in total. The highest BCUT2D eigenvalue weighted by Crippen LogP contribution is 2.22. The van der Waals surface area contributed by atoms with Crippen molar-refractivity contribution in [1.29, 1.82) is 0 Å². The SMILES string of the molecule is COc1ccc(N=C(N)N=C(N)N)c(F)c1. The third-order valence-electron chi connectivity index (χ3n) is 1.63. The second-order valence-electron chi connectivity index (χ2n) is 2.82. The van der Waals surface area contributed by atoms with E-state index in [2.05, 4.69) is 9.98 Å². The summed E-state index contributed by atoms with van der Waals surface area (Å²) in [5.74, 6) is -0.649. The fourth-order valence-electron chi connectivity index (χ4n) is 0.986. The Labute approximate surface area is 91.6 Å². The molecule has 0 aromatic heterocycles. The van der Waals surface area contributed by atoms with Crippen molar-refractivity contribution in [3.05, 3.63) is 24.0 Å². The molecule has 0 unspecified atom stereocenters. The second-order valence-corrected chi connectivity index (χ2v) is 2.82. The largest absolute Gasteiger partial charge is 0.497 e. The maximum atomic E-state index is 13.4. The Kier molecular flexibility index (Phi) is 3.65. The standard InChI is InChI=1S/C9H12FN5O/c1-16-5-2-3-7(6(10)4-5)14-9(13)15-8(11)12/h2-4H,1H3,(H6,11,12,13,14,15). The minimum Gasteiger partial charge on any atom is -0.497 e. The van der Waals surface area contributed by atoms with Gasteiger partial charge in [0, 0.05) is 6.07 Å². The number of ether oxygens (including phenoxy) is 1. The maximum absolute atomic E-state index is 13.4. The van der Waals surface area contributed by atoms with Crippen LogP contribution < -0.4 is 21.9 Å². The van der Waals surface area contributed by atoms with E-state index in [9.17, 15) is 4.39 Å². The molecule has 6 N–H and O–H groups in total. The zero-order valence-electron chi connectivity index (χ0n) is 8.64. The number of methoxy groups -OCH3 is 1. The number of guanidine groups is 2. The molecule has 1 aromatic rings. The van der Waals surface area contributed by atoms with Gasteiger partial charge in [-0.15, -0.1) is 0 Å². The van der Waals surface area contributed by atoms with E-state index in [0.717, 1.165) is 0 Å². The number of aliphatic imine (C=N–C) groups is 2. The van der Waals surface area contributed by atoms with Crippen LogP contribution in [-0.2, 0) is 0 Å². The average Bonchev–Trinajstić information content (AvgIpc) is 2.19. The fourth-order valence-corrected chi connectivity index (χ4v) is 0.986. The lowest BCUT2D eigenvalue weighted by molar-refractivity contribution is 0.411. The monoisotopic (exact) mass is 225 g/mol. The van der Waals surface area contributed by atoms with Crippen molar-refractivity contribution in [2.45, 2.75) is 0 Å². The van der Waals surface area contributed by atoms with E-state index in [4.69, 9.17) is 21.9 Å². The van der Waals surface area contributed by atoms with Crippen LogP contribution in [-0.4, -0.2) is 19.0 Å². The average molecular weight is 225 g/mol. The third kappa shape index (κ3) is 3.12. The quantitative estimate of drug-likeness (QED) is 0.487. The molecule has 1 rings (SSSR count).